The van der Waals surface area contributed by atoms with E-state index in [1.807, 2.05) is 0 Å². The van der Waals surface area contributed by atoms with Crippen molar-refractivity contribution in [2.24, 2.45) is 11.7 Å². The molecule has 4 nitrogen and oxygen atoms in total. The summed E-state index contributed by atoms with van der Waals surface area (Å²) in [6.45, 7) is 3.37. The first kappa shape index (κ1) is 12.8. The molecule has 1 fully saturated rings. The predicted octanol–water partition coefficient (Wildman–Crippen LogP) is 2.03. The van der Waals surface area contributed by atoms with Crippen LogP contribution in [-0.4, -0.2) is 30.1 Å². The molecule has 2 amide bonds. The molecule has 1 heterocycles. The maximum atomic E-state index is 12.7. The molecule has 0 saturated carbocycles. The molecule has 1 aromatic rings. The quantitative estimate of drug-likeness (QED) is 0.802. The number of piperidine rings is 1. The van der Waals surface area contributed by atoms with Crippen LogP contribution in [0.3, 0.4) is 0 Å². The lowest BCUT2D eigenvalue weighted by atomic mass is 9.94. The Morgan fingerprint density at radius 3 is 2.72 bits per heavy atom. The fraction of sp³-hybridized carbons (Fsp3) is 0.462. The smallest absolute Gasteiger partial charge is 0.321 e. The number of nitrogens with one attached hydrogen (secondary N) is 1. The second-order valence-electron chi connectivity index (χ2n) is 4.81. The number of hydrogen-bond donors (Lipinski definition) is 2. The topological polar surface area (TPSA) is 58.4 Å². The molecule has 1 aliphatic heterocycles. The number of nitrogens with two attached hydrogens (primary N) is 1. The van der Waals surface area contributed by atoms with E-state index in [-0.39, 0.29) is 17.9 Å². The van der Waals surface area contributed by atoms with Gasteiger partial charge >= 0.3 is 6.03 Å². The van der Waals surface area contributed by atoms with Gasteiger partial charge in [-0.1, -0.05) is 6.92 Å². The van der Waals surface area contributed by atoms with Crippen molar-refractivity contribution in [2.75, 3.05) is 18.4 Å². The summed E-state index contributed by atoms with van der Waals surface area (Å²) in [5.74, 6) is 0.127. The van der Waals surface area contributed by atoms with E-state index in [2.05, 4.69) is 12.2 Å². The van der Waals surface area contributed by atoms with Crippen LogP contribution in [-0.2, 0) is 0 Å². The van der Waals surface area contributed by atoms with Gasteiger partial charge in [-0.15, -0.1) is 0 Å². The summed E-state index contributed by atoms with van der Waals surface area (Å²) in [5, 5.41) is 2.74. The molecule has 0 bridgehead atoms. The molecule has 2 unspecified atom stereocenters. The average Bonchev–Trinajstić information content (AvgIpc) is 2.35. The molecule has 1 aromatic carbocycles. The van der Waals surface area contributed by atoms with Gasteiger partial charge in [0.25, 0.3) is 0 Å². The number of anilines is 1. The number of amides is 2. The first-order chi connectivity index (χ1) is 8.56. The van der Waals surface area contributed by atoms with Crippen molar-refractivity contribution in [1.29, 1.82) is 0 Å². The van der Waals surface area contributed by atoms with Gasteiger partial charge in [-0.2, -0.15) is 0 Å². The summed E-state index contributed by atoms with van der Waals surface area (Å²) >= 11 is 0. The molecule has 1 aliphatic rings. The normalized spacial score (nSPS) is 23.8. The van der Waals surface area contributed by atoms with E-state index in [1.54, 1.807) is 17.0 Å². The molecule has 5 heteroatoms. The minimum Gasteiger partial charge on any atom is -0.326 e. The van der Waals surface area contributed by atoms with Crippen LogP contribution in [0.25, 0.3) is 0 Å². The average molecular weight is 251 g/mol. The SMILES string of the molecule is CC1CCN(C(=O)Nc2ccc(F)cc2)CC1N. The highest BCUT2D eigenvalue weighted by Crippen LogP contribution is 2.17. The van der Waals surface area contributed by atoms with Crippen molar-refractivity contribution in [2.45, 2.75) is 19.4 Å². The van der Waals surface area contributed by atoms with Crippen LogP contribution in [0.2, 0.25) is 0 Å². The van der Waals surface area contributed by atoms with Gasteiger partial charge in [0, 0.05) is 24.8 Å². The molecule has 3 N–H and O–H groups in total. The molecule has 0 spiro atoms. The number of carbonyl (C=O) groups excluding carboxylic acids is 1. The molecule has 0 radical (unpaired) electrons. The number of rotatable bonds is 1. The molecule has 1 saturated heterocycles. The van der Waals surface area contributed by atoms with Crippen LogP contribution >= 0.6 is 0 Å². The lowest BCUT2D eigenvalue weighted by molar-refractivity contribution is 0.174. The van der Waals surface area contributed by atoms with Crippen LogP contribution in [0.15, 0.2) is 24.3 Å². The number of likely N-dealkylation sites (tertiary alicyclic amines) is 1. The van der Waals surface area contributed by atoms with Crippen molar-refractivity contribution in [3.8, 4) is 0 Å². The first-order valence-electron chi connectivity index (χ1n) is 6.13. The second kappa shape index (κ2) is 5.35. The summed E-state index contributed by atoms with van der Waals surface area (Å²) in [4.78, 5) is 13.7. The van der Waals surface area contributed by atoms with Crippen LogP contribution in [0.4, 0.5) is 14.9 Å². The van der Waals surface area contributed by atoms with Crippen molar-refractivity contribution in [3.63, 3.8) is 0 Å². The summed E-state index contributed by atoms with van der Waals surface area (Å²) in [7, 11) is 0. The van der Waals surface area contributed by atoms with Gasteiger partial charge in [-0.05, 0) is 36.6 Å². The molecular weight excluding hydrogens is 233 g/mol. The van der Waals surface area contributed by atoms with Crippen LogP contribution < -0.4 is 11.1 Å². The van der Waals surface area contributed by atoms with Gasteiger partial charge in [0.2, 0.25) is 0 Å². The molecule has 18 heavy (non-hydrogen) atoms. The second-order valence-corrected chi connectivity index (χ2v) is 4.81. The van der Waals surface area contributed by atoms with Crippen molar-refractivity contribution in [3.05, 3.63) is 30.1 Å². The highest BCUT2D eigenvalue weighted by molar-refractivity contribution is 5.89. The highest BCUT2D eigenvalue weighted by atomic mass is 19.1. The lowest BCUT2D eigenvalue weighted by Gasteiger charge is -2.34. The number of carbonyl (C=O) groups is 1. The number of halogens is 1. The van der Waals surface area contributed by atoms with Crippen LogP contribution in [0.5, 0.6) is 0 Å². The predicted molar refractivity (Wildman–Crippen MR) is 68.7 cm³/mol. The number of benzene rings is 1. The monoisotopic (exact) mass is 251 g/mol. The summed E-state index contributed by atoms with van der Waals surface area (Å²) in [6, 6.07) is 5.57. The third-order valence-electron chi connectivity index (χ3n) is 3.40. The van der Waals surface area contributed by atoms with Crippen LogP contribution in [0, 0.1) is 11.7 Å². The molecule has 0 aromatic heterocycles. The fourth-order valence-electron chi connectivity index (χ4n) is 2.02. The zero-order valence-corrected chi connectivity index (χ0v) is 10.4. The third-order valence-corrected chi connectivity index (χ3v) is 3.40. The van der Waals surface area contributed by atoms with Crippen molar-refractivity contribution in [1.82, 2.24) is 4.90 Å². The van der Waals surface area contributed by atoms with Gasteiger partial charge in [-0.3, -0.25) is 0 Å². The van der Waals surface area contributed by atoms with E-state index in [0.29, 0.717) is 24.7 Å². The van der Waals surface area contributed by atoms with E-state index in [1.165, 1.54) is 12.1 Å². The first-order valence-corrected chi connectivity index (χ1v) is 6.13. The Labute approximate surface area is 106 Å². The fourth-order valence-corrected chi connectivity index (χ4v) is 2.02. The van der Waals surface area contributed by atoms with Gasteiger partial charge in [0.05, 0.1) is 0 Å². The minimum atomic E-state index is -0.318. The Kier molecular flexibility index (Phi) is 3.81. The van der Waals surface area contributed by atoms with Crippen molar-refractivity contribution < 1.29 is 9.18 Å². The van der Waals surface area contributed by atoms with E-state index >= 15 is 0 Å². The molecule has 98 valence electrons. The zero-order valence-electron chi connectivity index (χ0n) is 10.4. The minimum absolute atomic E-state index is 0.0257. The Bertz CT molecular complexity index is 421. The lowest BCUT2D eigenvalue weighted by Crippen LogP contribution is -2.50. The Morgan fingerprint density at radius 1 is 1.44 bits per heavy atom. The molecule has 0 aliphatic carbocycles. The van der Waals surface area contributed by atoms with E-state index in [4.69, 9.17) is 5.73 Å². The molecular formula is C13H18FN3O. The maximum absolute atomic E-state index is 12.7. The van der Waals surface area contributed by atoms with Crippen LogP contribution in [0.1, 0.15) is 13.3 Å². The zero-order chi connectivity index (χ0) is 13.1. The van der Waals surface area contributed by atoms with Gasteiger partial charge in [0.15, 0.2) is 0 Å². The van der Waals surface area contributed by atoms with Gasteiger partial charge < -0.3 is 16.0 Å². The summed E-state index contributed by atoms with van der Waals surface area (Å²) < 4.78 is 12.7. The van der Waals surface area contributed by atoms with Gasteiger partial charge in [-0.25, -0.2) is 9.18 Å². The Morgan fingerprint density at radius 2 is 2.11 bits per heavy atom. The Balaban J connectivity index is 1.94. The highest BCUT2D eigenvalue weighted by Gasteiger charge is 2.26. The summed E-state index contributed by atoms with van der Waals surface area (Å²) in [5.41, 5.74) is 6.54. The number of urea groups is 1. The maximum Gasteiger partial charge on any atom is 0.321 e. The number of nitrogens with zero attached hydrogens (tertiary/aromatic N) is 1. The number of hydrogen-bond acceptors (Lipinski definition) is 2. The molecule has 2 rings (SSSR count). The third kappa shape index (κ3) is 2.98. The van der Waals surface area contributed by atoms with Gasteiger partial charge in [0.1, 0.15) is 5.82 Å². The summed E-state index contributed by atoms with van der Waals surface area (Å²) in [6.07, 6.45) is 0.915. The molecule has 2 atom stereocenters. The van der Waals surface area contributed by atoms with E-state index in [9.17, 15) is 9.18 Å². The standard InChI is InChI=1S/C13H18FN3O/c1-9-6-7-17(8-12(9)15)13(18)16-11-4-2-10(14)3-5-11/h2-5,9,12H,6-8,15H2,1H3,(H,16,18). The van der Waals surface area contributed by atoms with E-state index in [0.717, 1.165) is 6.42 Å². The Hall–Kier alpha value is -1.62. The van der Waals surface area contributed by atoms with E-state index < -0.39 is 0 Å². The van der Waals surface area contributed by atoms with Crippen molar-refractivity contribution >= 4 is 11.7 Å². The largest absolute Gasteiger partial charge is 0.326 e.